The first kappa shape index (κ1) is 20.9. The topological polar surface area (TPSA) is 58.6 Å². The summed E-state index contributed by atoms with van der Waals surface area (Å²) in [7, 11) is 0. The molecule has 1 aliphatic heterocycles. The normalized spacial score (nSPS) is 16.6. The highest BCUT2D eigenvalue weighted by molar-refractivity contribution is 5.91. The number of anilines is 1. The fraction of sp³-hybridized carbons (Fsp3) is 0.417. The molecule has 2 aromatic carbocycles. The van der Waals surface area contributed by atoms with Gasteiger partial charge in [0.1, 0.15) is 5.75 Å². The van der Waals surface area contributed by atoms with E-state index in [2.05, 4.69) is 17.4 Å². The number of amides is 2. The highest BCUT2D eigenvalue weighted by Gasteiger charge is 2.28. The summed E-state index contributed by atoms with van der Waals surface area (Å²) in [6.07, 6.45) is 0.698. The second-order valence-corrected chi connectivity index (χ2v) is 8.86. The van der Waals surface area contributed by atoms with Crippen molar-refractivity contribution in [3.05, 3.63) is 59.7 Å². The Bertz CT molecular complexity index is 871. The number of hydrogen-bond acceptors (Lipinski definition) is 3. The monoisotopic (exact) mass is 394 g/mol. The highest BCUT2D eigenvalue weighted by Crippen LogP contribution is 2.29. The molecule has 1 heterocycles. The van der Waals surface area contributed by atoms with Crippen LogP contribution in [0.4, 0.5) is 5.69 Å². The van der Waals surface area contributed by atoms with Crippen LogP contribution in [0.3, 0.4) is 0 Å². The van der Waals surface area contributed by atoms with Crippen molar-refractivity contribution in [2.75, 3.05) is 11.9 Å². The highest BCUT2D eigenvalue weighted by atomic mass is 16.5. The molecule has 0 bridgehead atoms. The lowest BCUT2D eigenvalue weighted by atomic mass is 9.92. The Hall–Kier alpha value is -2.82. The van der Waals surface area contributed by atoms with Crippen LogP contribution < -0.4 is 10.1 Å². The zero-order chi connectivity index (χ0) is 21.0. The molecule has 1 aliphatic rings. The van der Waals surface area contributed by atoms with E-state index in [1.807, 2.05) is 62.1 Å². The molecule has 1 atom stereocenters. The molecule has 3 rings (SSSR count). The summed E-state index contributed by atoms with van der Waals surface area (Å²) >= 11 is 0. The van der Waals surface area contributed by atoms with Gasteiger partial charge in [-0.15, -0.1) is 0 Å². The molecule has 29 heavy (non-hydrogen) atoms. The van der Waals surface area contributed by atoms with Gasteiger partial charge in [-0.05, 0) is 42.5 Å². The maximum Gasteiger partial charge on any atom is 0.263 e. The Labute approximate surface area is 173 Å². The van der Waals surface area contributed by atoms with E-state index < -0.39 is 6.10 Å². The van der Waals surface area contributed by atoms with Crippen LogP contribution in [-0.2, 0) is 22.6 Å². The van der Waals surface area contributed by atoms with Gasteiger partial charge in [0.15, 0.2) is 6.10 Å². The van der Waals surface area contributed by atoms with Gasteiger partial charge in [0.2, 0.25) is 5.91 Å². The van der Waals surface area contributed by atoms with E-state index in [1.165, 1.54) is 5.56 Å². The van der Waals surface area contributed by atoms with Crippen LogP contribution >= 0.6 is 0 Å². The van der Waals surface area contributed by atoms with Crippen molar-refractivity contribution >= 4 is 17.5 Å². The Morgan fingerprint density at radius 2 is 1.90 bits per heavy atom. The minimum Gasteiger partial charge on any atom is -0.481 e. The number of nitrogens with zero attached hydrogens (tertiary/aromatic N) is 1. The van der Waals surface area contributed by atoms with E-state index in [0.29, 0.717) is 25.3 Å². The third-order valence-electron chi connectivity index (χ3n) is 4.87. The van der Waals surface area contributed by atoms with Crippen molar-refractivity contribution in [3.8, 4) is 5.75 Å². The quantitative estimate of drug-likeness (QED) is 0.817. The lowest BCUT2D eigenvalue weighted by molar-refractivity contribution is -0.137. The molecule has 0 saturated heterocycles. The summed E-state index contributed by atoms with van der Waals surface area (Å²) in [5.74, 6) is 0.662. The zero-order valence-corrected chi connectivity index (χ0v) is 17.7. The molecule has 0 spiro atoms. The Balaban J connectivity index is 1.74. The van der Waals surface area contributed by atoms with Crippen LogP contribution in [0.5, 0.6) is 5.75 Å². The summed E-state index contributed by atoms with van der Waals surface area (Å²) in [5, 5.41) is 2.97. The maximum absolute atomic E-state index is 12.8. The number of fused-ring (bicyclic) bond motifs is 1. The lowest BCUT2D eigenvalue weighted by Crippen LogP contribution is -2.39. The van der Waals surface area contributed by atoms with Gasteiger partial charge in [-0.3, -0.25) is 9.59 Å². The van der Waals surface area contributed by atoms with Crippen molar-refractivity contribution in [1.82, 2.24) is 4.90 Å². The summed E-state index contributed by atoms with van der Waals surface area (Å²) in [6.45, 7) is 8.98. The molecule has 1 unspecified atom stereocenters. The van der Waals surface area contributed by atoms with Gasteiger partial charge < -0.3 is 15.0 Å². The molecule has 1 N–H and O–H groups in total. The SMILES string of the molecule is CC1Oc2ccc(NC(=O)CC(C)(C)C)cc2CN(CCc2ccccc2)C1=O. The first-order valence-corrected chi connectivity index (χ1v) is 10.1. The van der Waals surface area contributed by atoms with Crippen molar-refractivity contribution in [2.24, 2.45) is 5.41 Å². The van der Waals surface area contributed by atoms with E-state index in [-0.39, 0.29) is 17.2 Å². The molecule has 5 nitrogen and oxygen atoms in total. The largest absolute Gasteiger partial charge is 0.481 e. The Kier molecular flexibility index (Phi) is 6.26. The summed E-state index contributed by atoms with van der Waals surface area (Å²) in [6, 6.07) is 15.7. The first-order valence-electron chi connectivity index (χ1n) is 10.1. The predicted molar refractivity (Wildman–Crippen MR) is 115 cm³/mol. The molecule has 0 aliphatic carbocycles. The van der Waals surface area contributed by atoms with E-state index in [0.717, 1.165) is 17.7 Å². The smallest absolute Gasteiger partial charge is 0.263 e. The van der Waals surface area contributed by atoms with E-state index in [9.17, 15) is 9.59 Å². The number of carbonyl (C=O) groups excluding carboxylic acids is 2. The van der Waals surface area contributed by atoms with Crippen LogP contribution in [0.1, 0.15) is 45.2 Å². The van der Waals surface area contributed by atoms with E-state index in [4.69, 9.17) is 4.74 Å². The molecule has 0 aromatic heterocycles. The van der Waals surface area contributed by atoms with E-state index >= 15 is 0 Å². The molecule has 154 valence electrons. The molecular weight excluding hydrogens is 364 g/mol. The number of nitrogens with one attached hydrogen (secondary N) is 1. The van der Waals surface area contributed by atoms with Crippen LogP contribution in [0.15, 0.2) is 48.5 Å². The second-order valence-electron chi connectivity index (χ2n) is 8.86. The average Bonchev–Trinajstić information content (AvgIpc) is 2.76. The second kappa shape index (κ2) is 8.68. The Morgan fingerprint density at radius 3 is 2.59 bits per heavy atom. The fourth-order valence-corrected chi connectivity index (χ4v) is 3.46. The van der Waals surface area contributed by atoms with Crippen molar-refractivity contribution < 1.29 is 14.3 Å². The number of ether oxygens (including phenoxy) is 1. The number of benzene rings is 2. The van der Waals surface area contributed by atoms with Gasteiger partial charge in [-0.2, -0.15) is 0 Å². The number of hydrogen-bond donors (Lipinski definition) is 1. The van der Waals surface area contributed by atoms with Crippen LogP contribution in [0, 0.1) is 5.41 Å². The summed E-state index contributed by atoms with van der Waals surface area (Å²) in [4.78, 5) is 26.9. The minimum absolute atomic E-state index is 0.0163. The third-order valence-corrected chi connectivity index (χ3v) is 4.87. The first-order chi connectivity index (χ1) is 13.7. The molecule has 0 radical (unpaired) electrons. The van der Waals surface area contributed by atoms with Gasteiger partial charge in [0.05, 0.1) is 0 Å². The van der Waals surface area contributed by atoms with E-state index in [1.54, 1.807) is 6.92 Å². The lowest BCUT2D eigenvalue weighted by Gasteiger charge is -2.22. The van der Waals surface area contributed by atoms with Crippen LogP contribution in [-0.4, -0.2) is 29.4 Å². The molecule has 2 aromatic rings. The number of rotatable bonds is 5. The van der Waals surface area contributed by atoms with Crippen molar-refractivity contribution in [3.63, 3.8) is 0 Å². The summed E-state index contributed by atoms with van der Waals surface area (Å²) in [5.41, 5.74) is 2.76. The molecular formula is C24H30N2O3. The maximum atomic E-state index is 12.8. The van der Waals surface area contributed by atoms with Gasteiger partial charge in [-0.1, -0.05) is 51.1 Å². The van der Waals surface area contributed by atoms with Crippen molar-refractivity contribution in [1.29, 1.82) is 0 Å². The molecule has 2 amide bonds. The standard InChI is InChI=1S/C24H30N2O3/c1-17-23(28)26(13-12-18-8-6-5-7-9-18)16-19-14-20(10-11-21(19)29-17)25-22(27)15-24(2,3)4/h5-11,14,17H,12-13,15-16H2,1-4H3,(H,25,27). The minimum atomic E-state index is -0.534. The zero-order valence-electron chi connectivity index (χ0n) is 17.7. The average molecular weight is 395 g/mol. The predicted octanol–water partition coefficient (Wildman–Crippen LogP) is 4.41. The Morgan fingerprint density at radius 1 is 1.17 bits per heavy atom. The van der Waals surface area contributed by atoms with Gasteiger partial charge in [0, 0.05) is 30.8 Å². The molecule has 5 heteroatoms. The molecule has 0 fully saturated rings. The summed E-state index contributed by atoms with van der Waals surface area (Å²) < 4.78 is 5.89. The number of carbonyl (C=O) groups is 2. The van der Waals surface area contributed by atoms with Crippen LogP contribution in [0.25, 0.3) is 0 Å². The third kappa shape index (κ3) is 5.83. The molecule has 0 saturated carbocycles. The van der Waals surface area contributed by atoms with Gasteiger partial charge >= 0.3 is 0 Å². The van der Waals surface area contributed by atoms with Crippen molar-refractivity contribution in [2.45, 2.75) is 53.2 Å². The fourth-order valence-electron chi connectivity index (χ4n) is 3.46. The van der Waals surface area contributed by atoms with Crippen LogP contribution in [0.2, 0.25) is 0 Å². The van der Waals surface area contributed by atoms with Gasteiger partial charge in [-0.25, -0.2) is 0 Å². The van der Waals surface area contributed by atoms with Gasteiger partial charge in [0.25, 0.3) is 5.91 Å².